The van der Waals surface area contributed by atoms with Crippen molar-refractivity contribution in [2.24, 2.45) is 0 Å². The summed E-state index contributed by atoms with van der Waals surface area (Å²) in [7, 11) is 0. The third kappa shape index (κ3) is 5.18. The Balaban J connectivity index is 1.74. The van der Waals surface area contributed by atoms with Gasteiger partial charge in [0.15, 0.2) is 11.6 Å². The molecule has 33 heavy (non-hydrogen) atoms. The quantitative estimate of drug-likeness (QED) is 0.502. The van der Waals surface area contributed by atoms with Crippen molar-refractivity contribution >= 4 is 28.4 Å². The van der Waals surface area contributed by atoms with Crippen molar-refractivity contribution in [1.82, 2.24) is 15.3 Å². The van der Waals surface area contributed by atoms with Gasteiger partial charge >= 0.3 is 0 Å². The molecule has 0 bridgehead atoms. The van der Waals surface area contributed by atoms with E-state index in [1.54, 1.807) is 18.3 Å². The molecule has 1 aliphatic heterocycles. The molecule has 1 saturated heterocycles. The first kappa shape index (κ1) is 22.8. The van der Waals surface area contributed by atoms with Crippen LogP contribution in [0.15, 0.2) is 36.5 Å². The molecule has 1 aliphatic rings. The maximum absolute atomic E-state index is 13.7. The minimum Gasteiger partial charge on any atom is -0.395 e. The monoisotopic (exact) mass is 457 g/mol. The zero-order valence-corrected chi connectivity index (χ0v) is 18.1. The van der Waals surface area contributed by atoms with Crippen molar-refractivity contribution in [2.75, 3.05) is 49.7 Å². The highest BCUT2D eigenvalue weighted by atomic mass is 19.2. The normalized spacial score (nSPS) is 14.8. The lowest BCUT2D eigenvalue weighted by atomic mass is 10.0. The first-order valence-corrected chi connectivity index (χ1v) is 10.7. The van der Waals surface area contributed by atoms with Gasteiger partial charge in [-0.1, -0.05) is 0 Å². The lowest BCUT2D eigenvalue weighted by Gasteiger charge is -2.28. The van der Waals surface area contributed by atoms with Gasteiger partial charge < -0.3 is 25.4 Å². The van der Waals surface area contributed by atoms with E-state index in [-0.39, 0.29) is 19.1 Å². The SMILES string of the molecule is CC(Nc1ccc(F)c(F)c1)c1cc(C(=O)NCCO)cc2ncc(N3CCOCC3)nc12. The Kier molecular flexibility index (Phi) is 6.95. The molecule has 2 aromatic carbocycles. The summed E-state index contributed by atoms with van der Waals surface area (Å²) in [6.45, 7) is 4.38. The van der Waals surface area contributed by atoms with Gasteiger partial charge in [-0.25, -0.2) is 13.8 Å². The van der Waals surface area contributed by atoms with Crippen LogP contribution in [0.2, 0.25) is 0 Å². The Hall–Kier alpha value is -3.37. The molecule has 4 rings (SSSR count). The predicted molar refractivity (Wildman–Crippen MR) is 120 cm³/mol. The Morgan fingerprint density at radius 1 is 1.21 bits per heavy atom. The predicted octanol–water partition coefficient (Wildman–Crippen LogP) is 2.64. The van der Waals surface area contributed by atoms with Crippen molar-refractivity contribution < 1.29 is 23.4 Å². The Morgan fingerprint density at radius 2 is 2.00 bits per heavy atom. The number of morpholine rings is 1. The van der Waals surface area contributed by atoms with E-state index in [1.165, 1.54) is 6.07 Å². The number of amides is 1. The summed E-state index contributed by atoms with van der Waals surface area (Å²) in [6.07, 6.45) is 1.67. The molecule has 1 amide bonds. The molecule has 1 unspecified atom stereocenters. The zero-order valence-electron chi connectivity index (χ0n) is 18.1. The molecule has 0 saturated carbocycles. The van der Waals surface area contributed by atoms with Gasteiger partial charge in [0, 0.05) is 42.5 Å². The standard InChI is InChI=1S/C23H25F2N5O3/c1-14(28-16-2-3-18(24)19(25)12-16)17-10-15(23(32)26-4-7-31)11-20-22(17)29-21(13-27-20)30-5-8-33-9-6-30/h2-3,10-14,28,31H,4-9H2,1H3,(H,26,32). The fourth-order valence-corrected chi connectivity index (χ4v) is 3.72. The molecule has 1 atom stereocenters. The molecule has 10 heteroatoms. The number of aliphatic hydroxyl groups is 1. The Morgan fingerprint density at radius 3 is 2.73 bits per heavy atom. The highest BCUT2D eigenvalue weighted by Crippen LogP contribution is 2.29. The highest BCUT2D eigenvalue weighted by molar-refractivity contribution is 5.98. The van der Waals surface area contributed by atoms with Gasteiger partial charge in [-0.3, -0.25) is 9.78 Å². The van der Waals surface area contributed by atoms with Crippen LogP contribution in [0.4, 0.5) is 20.3 Å². The number of ether oxygens (including phenoxy) is 1. The van der Waals surface area contributed by atoms with E-state index in [0.717, 1.165) is 12.1 Å². The lowest BCUT2D eigenvalue weighted by Crippen LogP contribution is -2.36. The van der Waals surface area contributed by atoms with Crippen LogP contribution in [0.3, 0.4) is 0 Å². The van der Waals surface area contributed by atoms with Crippen molar-refractivity contribution in [1.29, 1.82) is 0 Å². The van der Waals surface area contributed by atoms with Gasteiger partial charge in [0.2, 0.25) is 0 Å². The Labute approximate surface area is 189 Å². The number of carbonyl (C=O) groups is 1. The van der Waals surface area contributed by atoms with E-state index in [0.29, 0.717) is 60.0 Å². The number of nitrogens with zero attached hydrogens (tertiary/aromatic N) is 3. The third-order valence-electron chi connectivity index (χ3n) is 5.43. The molecular weight excluding hydrogens is 432 g/mol. The van der Waals surface area contributed by atoms with Crippen LogP contribution in [0.5, 0.6) is 0 Å². The van der Waals surface area contributed by atoms with E-state index >= 15 is 0 Å². The summed E-state index contributed by atoms with van der Waals surface area (Å²) in [5, 5.41) is 14.8. The maximum Gasteiger partial charge on any atom is 0.251 e. The second-order valence-corrected chi connectivity index (χ2v) is 7.74. The number of aliphatic hydroxyl groups excluding tert-OH is 1. The molecule has 3 N–H and O–H groups in total. The van der Waals surface area contributed by atoms with Crippen molar-refractivity contribution in [3.05, 3.63) is 59.3 Å². The number of hydrogen-bond acceptors (Lipinski definition) is 7. The van der Waals surface area contributed by atoms with E-state index in [9.17, 15) is 13.6 Å². The number of aromatic nitrogens is 2. The maximum atomic E-state index is 13.7. The number of anilines is 2. The van der Waals surface area contributed by atoms with Gasteiger partial charge in [0.25, 0.3) is 5.91 Å². The van der Waals surface area contributed by atoms with Crippen LogP contribution in [0.1, 0.15) is 28.9 Å². The first-order chi connectivity index (χ1) is 16.0. The summed E-state index contributed by atoms with van der Waals surface area (Å²) in [5.74, 6) is -1.54. The largest absolute Gasteiger partial charge is 0.395 e. The highest BCUT2D eigenvalue weighted by Gasteiger charge is 2.20. The molecular formula is C23H25F2N5O3. The van der Waals surface area contributed by atoms with Gasteiger partial charge in [-0.2, -0.15) is 0 Å². The topological polar surface area (TPSA) is 99.6 Å². The van der Waals surface area contributed by atoms with Crippen molar-refractivity contribution in [3.8, 4) is 0 Å². The molecule has 174 valence electrons. The molecule has 0 radical (unpaired) electrons. The van der Waals surface area contributed by atoms with Gasteiger partial charge in [-0.05, 0) is 31.2 Å². The average Bonchev–Trinajstić information content (AvgIpc) is 2.84. The number of rotatable bonds is 7. The molecule has 1 fully saturated rings. The van der Waals surface area contributed by atoms with Gasteiger partial charge in [0.1, 0.15) is 5.82 Å². The second kappa shape index (κ2) is 10.1. The number of benzene rings is 2. The van der Waals surface area contributed by atoms with Gasteiger partial charge in [0.05, 0.1) is 43.1 Å². The van der Waals surface area contributed by atoms with Crippen LogP contribution in [-0.4, -0.2) is 60.4 Å². The van der Waals surface area contributed by atoms with E-state index in [1.807, 2.05) is 6.92 Å². The third-order valence-corrected chi connectivity index (χ3v) is 5.43. The fourth-order valence-electron chi connectivity index (χ4n) is 3.72. The van der Waals surface area contributed by atoms with E-state index in [2.05, 4.69) is 20.5 Å². The second-order valence-electron chi connectivity index (χ2n) is 7.74. The first-order valence-electron chi connectivity index (χ1n) is 10.7. The smallest absolute Gasteiger partial charge is 0.251 e. The summed E-state index contributed by atoms with van der Waals surface area (Å²) in [6, 6.07) is 6.52. The summed E-state index contributed by atoms with van der Waals surface area (Å²) in [4.78, 5) is 24.0. The molecule has 0 aliphatic carbocycles. The van der Waals surface area contributed by atoms with Crippen LogP contribution in [-0.2, 0) is 4.74 Å². The van der Waals surface area contributed by atoms with Crippen molar-refractivity contribution in [2.45, 2.75) is 13.0 Å². The van der Waals surface area contributed by atoms with E-state index < -0.39 is 17.7 Å². The van der Waals surface area contributed by atoms with Crippen LogP contribution in [0.25, 0.3) is 11.0 Å². The van der Waals surface area contributed by atoms with E-state index in [4.69, 9.17) is 14.8 Å². The fraction of sp³-hybridized carbons (Fsp3) is 0.348. The number of halogens is 2. The number of carbonyl (C=O) groups excluding carboxylic acids is 1. The molecule has 0 spiro atoms. The molecule has 1 aromatic heterocycles. The van der Waals surface area contributed by atoms with Crippen LogP contribution >= 0.6 is 0 Å². The Bertz CT molecular complexity index is 1150. The minimum absolute atomic E-state index is 0.122. The number of fused-ring (bicyclic) bond motifs is 1. The molecule has 8 nitrogen and oxygen atoms in total. The average molecular weight is 457 g/mol. The van der Waals surface area contributed by atoms with Crippen molar-refractivity contribution in [3.63, 3.8) is 0 Å². The minimum atomic E-state index is -0.955. The number of nitrogens with one attached hydrogen (secondary N) is 2. The van der Waals surface area contributed by atoms with Crippen LogP contribution < -0.4 is 15.5 Å². The zero-order chi connectivity index (χ0) is 23.4. The summed E-state index contributed by atoms with van der Waals surface area (Å²) >= 11 is 0. The molecule has 2 heterocycles. The summed E-state index contributed by atoms with van der Waals surface area (Å²) < 4.78 is 32.5. The van der Waals surface area contributed by atoms with Crippen LogP contribution in [0, 0.1) is 11.6 Å². The molecule has 3 aromatic rings. The summed E-state index contributed by atoms with van der Waals surface area (Å²) in [5.41, 5.74) is 2.55. The number of hydrogen-bond donors (Lipinski definition) is 3. The lowest BCUT2D eigenvalue weighted by molar-refractivity contribution is 0.0944. The van der Waals surface area contributed by atoms with Gasteiger partial charge in [-0.15, -0.1) is 0 Å².